The van der Waals surface area contributed by atoms with Gasteiger partial charge in [-0.25, -0.2) is 0 Å². The Hall–Kier alpha value is -1.59. The van der Waals surface area contributed by atoms with E-state index in [-0.39, 0.29) is 11.7 Å². The molecule has 5 nitrogen and oxygen atoms in total. The Morgan fingerprint density at radius 3 is 2.86 bits per heavy atom. The van der Waals surface area contributed by atoms with Crippen LogP contribution in [0, 0.1) is 5.92 Å². The summed E-state index contributed by atoms with van der Waals surface area (Å²) in [4.78, 5) is 14.3. The first-order chi connectivity index (χ1) is 10.1. The molecule has 1 heterocycles. The van der Waals surface area contributed by atoms with E-state index in [0.717, 1.165) is 31.5 Å². The number of likely N-dealkylation sites (tertiary alicyclic amines) is 1. The number of phenols is 1. The molecule has 0 spiro atoms. The van der Waals surface area contributed by atoms with Crippen LogP contribution < -0.4 is 5.73 Å². The molecule has 2 rings (SSSR count). The van der Waals surface area contributed by atoms with Crippen molar-refractivity contribution in [2.45, 2.75) is 25.3 Å². The lowest BCUT2D eigenvalue weighted by atomic mass is 9.97. The summed E-state index contributed by atoms with van der Waals surface area (Å²) >= 11 is 0. The van der Waals surface area contributed by atoms with Crippen molar-refractivity contribution >= 4 is 5.91 Å². The molecular formula is C16H24N2O3. The zero-order chi connectivity index (χ0) is 15.2. The minimum absolute atomic E-state index is 0.00359. The fourth-order valence-corrected chi connectivity index (χ4v) is 2.84. The van der Waals surface area contributed by atoms with Crippen LogP contribution in [0.15, 0.2) is 24.3 Å². The molecule has 0 radical (unpaired) electrons. The second-order valence-electron chi connectivity index (χ2n) is 5.72. The number of carbonyl (C=O) groups excluding carboxylic acids is 1. The van der Waals surface area contributed by atoms with Crippen molar-refractivity contribution < 1.29 is 14.6 Å². The number of hydrogen-bond donors (Lipinski definition) is 2. The second kappa shape index (κ2) is 7.43. The summed E-state index contributed by atoms with van der Waals surface area (Å²) in [6, 6.07) is 6.29. The molecule has 1 amide bonds. The Balaban J connectivity index is 1.90. The summed E-state index contributed by atoms with van der Waals surface area (Å²) in [6.45, 7) is 2.20. The third kappa shape index (κ3) is 4.44. The third-order valence-corrected chi connectivity index (χ3v) is 3.94. The first kappa shape index (κ1) is 15.8. The lowest BCUT2D eigenvalue weighted by Gasteiger charge is -2.34. The van der Waals surface area contributed by atoms with Gasteiger partial charge < -0.3 is 20.5 Å². The van der Waals surface area contributed by atoms with Crippen molar-refractivity contribution in [1.82, 2.24) is 4.90 Å². The van der Waals surface area contributed by atoms with Crippen LogP contribution in [-0.2, 0) is 16.0 Å². The van der Waals surface area contributed by atoms with Crippen molar-refractivity contribution in [2.24, 2.45) is 11.7 Å². The number of hydrogen-bond acceptors (Lipinski definition) is 4. The number of rotatable bonds is 5. The maximum absolute atomic E-state index is 12.4. The minimum Gasteiger partial charge on any atom is -0.508 e. The molecule has 1 unspecified atom stereocenters. The maximum atomic E-state index is 12.4. The summed E-state index contributed by atoms with van der Waals surface area (Å²) < 4.78 is 5.18. The molecule has 1 aliphatic rings. The molecule has 116 valence electrons. The molecule has 3 N–H and O–H groups in total. The summed E-state index contributed by atoms with van der Waals surface area (Å²) in [5.41, 5.74) is 7.01. The van der Waals surface area contributed by atoms with Crippen molar-refractivity contribution in [3.8, 4) is 5.75 Å². The minimum atomic E-state index is -0.532. The van der Waals surface area contributed by atoms with Crippen LogP contribution in [0.4, 0.5) is 0 Å². The van der Waals surface area contributed by atoms with E-state index >= 15 is 0 Å². The van der Waals surface area contributed by atoms with E-state index in [4.69, 9.17) is 10.5 Å². The topological polar surface area (TPSA) is 75.8 Å². The highest BCUT2D eigenvalue weighted by Gasteiger charge is 2.27. The molecular weight excluding hydrogens is 268 g/mol. The van der Waals surface area contributed by atoms with E-state index in [1.807, 2.05) is 4.90 Å². The van der Waals surface area contributed by atoms with Crippen molar-refractivity contribution in [2.75, 3.05) is 26.8 Å². The van der Waals surface area contributed by atoms with E-state index in [1.165, 1.54) is 0 Å². The van der Waals surface area contributed by atoms with Crippen molar-refractivity contribution in [3.63, 3.8) is 0 Å². The fourth-order valence-electron chi connectivity index (χ4n) is 2.84. The summed E-state index contributed by atoms with van der Waals surface area (Å²) in [5, 5.41) is 9.27. The SMILES string of the molecule is COCC1CCCN(C(=O)[C@@H](N)Cc2ccc(O)cc2)C1. The Morgan fingerprint density at radius 2 is 2.19 bits per heavy atom. The highest BCUT2D eigenvalue weighted by atomic mass is 16.5. The lowest BCUT2D eigenvalue weighted by Crippen LogP contribution is -2.49. The molecule has 0 aromatic heterocycles. The number of piperidine rings is 1. The number of nitrogens with two attached hydrogens (primary N) is 1. The van der Waals surface area contributed by atoms with E-state index in [2.05, 4.69) is 0 Å². The van der Waals surface area contributed by atoms with Crippen LogP contribution in [0.25, 0.3) is 0 Å². The van der Waals surface area contributed by atoms with Gasteiger partial charge in [0.15, 0.2) is 0 Å². The summed E-state index contributed by atoms with van der Waals surface area (Å²) in [5.74, 6) is 0.634. The summed E-state index contributed by atoms with van der Waals surface area (Å²) in [6.07, 6.45) is 2.60. The monoisotopic (exact) mass is 292 g/mol. The Labute approximate surface area is 125 Å². The predicted octanol–water partition coefficient (Wildman–Crippen LogP) is 1.15. The average molecular weight is 292 g/mol. The van der Waals surface area contributed by atoms with Crippen molar-refractivity contribution in [3.05, 3.63) is 29.8 Å². The van der Waals surface area contributed by atoms with Gasteiger partial charge >= 0.3 is 0 Å². The van der Waals surface area contributed by atoms with Gasteiger partial charge in [-0.3, -0.25) is 4.79 Å². The molecule has 1 aromatic carbocycles. The van der Waals surface area contributed by atoms with Gasteiger partial charge in [0.05, 0.1) is 12.6 Å². The zero-order valence-electron chi connectivity index (χ0n) is 12.5. The van der Waals surface area contributed by atoms with Crippen LogP contribution in [0.3, 0.4) is 0 Å². The van der Waals surface area contributed by atoms with Gasteiger partial charge in [0.1, 0.15) is 5.75 Å². The highest BCUT2D eigenvalue weighted by Crippen LogP contribution is 2.18. The van der Waals surface area contributed by atoms with Crippen LogP contribution >= 0.6 is 0 Å². The molecule has 1 fully saturated rings. The van der Waals surface area contributed by atoms with E-state index in [1.54, 1.807) is 31.4 Å². The first-order valence-electron chi connectivity index (χ1n) is 7.41. The van der Waals surface area contributed by atoms with Gasteiger partial charge in [0.2, 0.25) is 5.91 Å². The zero-order valence-corrected chi connectivity index (χ0v) is 12.5. The number of methoxy groups -OCH3 is 1. The average Bonchev–Trinajstić information content (AvgIpc) is 2.49. The number of benzene rings is 1. The second-order valence-corrected chi connectivity index (χ2v) is 5.72. The normalized spacial score (nSPS) is 20.3. The summed E-state index contributed by atoms with van der Waals surface area (Å²) in [7, 11) is 1.69. The van der Waals surface area contributed by atoms with Crippen LogP contribution in [0.2, 0.25) is 0 Å². The highest BCUT2D eigenvalue weighted by molar-refractivity contribution is 5.82. The number of ether oxygens (including phenoxy) is 1. The standard InChI is InChI=1S/C16H24N2O3/c1-21-11-13-3-2-8-18(10-13)16(20)15(17)9-12-4-6-14(19)7-5-12/h4-7,13,15,19H,2-3,8-11,17H2,1H3/t13?,15-/m0/s1. The smallest absolute Gasteiger partial charge is 0.239 e. The molecule has 1 aromatic rings. The van der Waals surface area contributed by atoms with Crippen LogP contribution in [-0.4, -0.2) is 48.8 Å². The first-order valence-corrected chi connectivity index (χ1v) is 7.41. The Morgan fingerprint density at radius 1 is 1.48 bits per heavy atom. The van der Waals surface area contributed by atoms with Gasteiger partial charge in [0.25, 0.3) is 0 Å². The number of nitrogens with zero attached hydrogens (tertiary/aromatic N) is 1. The van der Waals surface area contributed by atoms with Crippen LogP contribution in [0.1, 0.15) is 18.4 Å². The molecule has 1 saturated heterocycles. The van der Waals surface area contributed by atoms with Gasteiger partial charge in [-0.15, -0.1) is 0 Å². The quantitative estimate of drug-likeness (QED) is 0.853. The van der Waals surface area contributed by atoms with E-state index in [9.17, 15) is 9.90 Å². The predicted molar refractivity (Wildman–Crippen MR) is 81.0 cm³/mol. The van der Waals surface area contributed by atoms with Gasteiger partial charge in [-0.05, 0) is 42.9 Å². The molecule has 0 aliphatic carbocycles. The Kier molecular flexibility index (Phi) is 5.59. The third-order valence-electron chi connectivity index (χ3n) is 3.94. The molecule has 1 aliphatic heterocycles. The van der Waals surface area contributed by atoms with Crippen LogP contribution in [0.5, 0.6) is 5.75 Å². The van der Waals surface area contributed by atoms with E-state index in [0.29, 0.717) is 18.9 Å². The number of phenolic OH excluding ortho intramolecular Hbond substituents is 1. The van der Waals surface area contributed by atoms with Crippen molar-refractivity contribution in [1.29, 1.82) is 0 Å². The Bertz CT molecular complexity index is 459. The fraction of sp³-hybridized carbons (Fsp3) is 0.562. The van der Waals surface area contributed by atoms with Gasteiger partial charge in [-0.2, -0.15) is 0 Å². The van der Waals surface area contributed by atoms with Gasteiger partial charge in [0, 0.05) is 20.2 Å². The van der Waals surface area contributed by atoms with Gasteiger partial charge in [-0.1, -0.05) is 12.1 Å². The molecule has 0 saturated carbocycles. The number of carbonyl (C=O) groups is 1. The molecule has 21 heavy (non-hydrogen) atoms. The number of amides is 1. The molecule has 0 bridgehead atoms. The largest absolute Gasteiger partial charge is 0.508 e. The maximum Gasteiger partial charge on any atom is 0.239 e. The van der Waals surface area contributed by atoms with E-state index < -0.39 is 6.04 Å². The number of aromatic hydroxyl groups is 1. The molecule has 2 atom stereocenters. The molecule has 5 heteroatoms. The lowest BCUT2D eigenvalue weighted by molar-refractivity contribution is -0.134.